The van der Waals surface area contributed by atoms with Gasteiger partial charge in [-0.25, -0.2) is 4.98 Å². The molecule has 0 radical (unpaired) electrons. The third-order valence-corrected chi connectivity index (χ3v) is 3.30. The normalized spacial score (nSPS) is 12.1. The van der Waals surface area contributed by atoms with Crippen LogP contribution in [0.2, 0.25) is 0 Å². The Kier molecular flexibility index (Phi) is 5.10. The number of anilines is 2. The van der Waals surface area contributed by atoms with Gasteiger partial charge in [-0.15, -0.1) is 0 Å². The van der Waals surface area contributed by atoms with Crippen LogP contribution in [-0.4, -0.2) is 34.3 Å². The fourth-order valence-electron chi connectivity index (χ4n) is 1.13. The van der Waals surface area contributed by atoms with E-state index < -0.39 is 10.8 Å². The van der Waals surface area contributed by atoms with E-state index in [2.05, 4.69) is 15.6 Å². The molecule has 15 heavy (non-hydrogen) atoms. The summed E-state index contributed by atoms with van der Waals surface area (Å²) in [5.41, 5.74) is 1.00. The molecule has 0 amide bonds. The fraction of sp³-hybridized carbons (Fsp3) is 0.500. The first-order valence-corrected chi connectivity index (χ1v) is 6.47. The van der Waals surface area contributed by atoms with Crippen LogP contribution in [0.15, 0.2) is 18.3 Å². The molecular weight excluding hydrogens is 210 g/mol. The van der Waals surface area contributed by atoms with Crippen LogP contribution in [-0.2, 0) is 10.8 Å². The standard InChI is InChI=1S/C10H17N3OS/c1-3-15(14)7-6-12-9-4-5-13-10(8-9)11-2/h4-5,8H,3,6-7H2,1-2H3,(H2,11,12,13). The Balaban J connectivity index is 2.40. The van der Waals surface area contributed by atoms with Gasteiger partial charge in [0.25, 0.3) is 0 Å². The zero-order chi connectivity index (χ0) is 11.1. The third-order valence-electron chi connectivity index (χ3n) is 2.00. The van der Waals surface area contributed by atoms with Gasteiger partial charge in [-0.3, -0.25) is 4.21 Å². The van der Waals surface area contributed by atoms with Crippen molar-refractivity contribution < 1.29 is 4.21 Å². The number of nitrogens with one attached hydrogen (secondary N) is 2. The Hall–Kier alpha value is -1.10. The van der Waals surface area contributed by atoms with Gasteiger partial charge in [0.1, 0.15) is 5.82 Å². The average molecular weight is 227 g/mol. The molecule has 0 saturated heterocycles. The van der Waals surface area contributed by atoms with Gasteiger partial charge < -0.3 is 10.6 Å². The lowest BCUT2D eigenvalue weighted by Gasteiger charge is -2.06. The minimum Gasteiger partial charge on any atom is -0.384 e. The molecule has 0 aliphatic rings. The van der Waals surface area contributed by atoms with E-state index in [-0.39, 0.29) is 0 Å². The highest BCUT2D eigenvalue weighted by Gasteiger charge is 1.97. The maximum Gasteiger partial charge on any atom is 0.127 e. The molecule has 0 aromatic carbocycles. The summed E-state index contributed by atoms with van der Waals surface area (Å²) in [6.45, 7) is 2.66. The van der Waals surface area contributed by atoms with E-state index in [1.165, 1.54) is 0 Å². The van der Waals surface area contributed by atoms with Crippen molar-refractivity contribution in [1.29, 1.82) is 0 Å². The Labute approximate surface area is 92.9 Å². The SMILES string of the molecule is CCS(=O)CCNc1ccnc(NC)c1. The van der Waals surface area contributed by atoms with Crippen LogP contribution in [0.1, 0.15) is 6.92 Å². The molecule has 1 heterocycles. The predicted octanol–water partition coefficient (Wildman–Crippen LogP) is 1.30. The van der Waals surface area contributed by atoms with E-state index in [9.17, 15) is 4.21 Å². The first-order chi connectivity index (χ1) is 7.26. The van der Waals surface area contributed by atoms with Crippen LogP contribution in [0, 0.1) is 0 Å². The molecule has 4 nitrogen and oxygen atoms in total. The molecule has 0 spiro atoms. The highest BCUT2D eigenvalue weighted by atomic mass is 32.2. The van der Waals surface area contributed by atoms with Crippen LogP contribution in [0.25, 0.3) is 0 Å². The largest absolute Gasteiger partial charge is 0.384 e. The van der Waals surface area contributed by atoms with E-state index in [1.807, 2.05) is 26.1 Å². The summed E-state index contributed by atoms with van der Waals surface area (Å²) in [6, 6.07) is 3.82. The highest BCUT2D eigenvalue weighted by Crippen LogP contribution is 2.10. The topological polar surface area (TPSA) is 54.0 Å². The lowest BCUT2D eigenvalue weighted by Crippen LogP contribution is -2.12. The molecule has 2 N–H and O–H groups in total. The second-order valence-electron chi connectivity index (χ2n) is 3.04. The smallest absolute Gasteiger partial charge is 0.127 e. The molecule has 1 aromatic heterocycles. The summed E-state index contributed by atoms with van der Waals surface area (Å²) in [4.78, 5) is 4.11. The molecular formula is C10H17N3OS. The van der Waals surface area contributed by atoms with Gasteiger partial charge in [0.2, 0.25) is 0 Å². The highest BCUT2D eigenvalue weighted by molar-refractivity contribution is 7.84. The summed E-state index contributed by atoms with van der Waals surface area (Å²) in [5, 5.41) is 6.18. The number of hydrogen-bond donors (Lipinski definition) is 2. The molecule has 0 fully saturated rings. The van der Waals surface area contributed by atoms with Gasteiger partial charge in [0, 0.05) is 53.8 Å². The van der Waals surface area contributed by atoms with Gasteiger partial charge in [-0.1, -0.05) is 6.92 Å². The average Bonchev–Trinajstić information content (AvgIpc) is 2.29. The summed E-state index contributed by atoms with van der Waals surface area (Å²) in [5.74, 6) is 2.24. The Bertz CT molecular complexity index is 330. The van der Waals surface area contributed by atoms with Crippen molar-refractivity contribution in [2.24, 2.45) is 0 Å². The van der Waals surface area contributed by atoms with Crippen LogP contribution in [0.4, 0.5) is 11.5 Å². The summed E-state index contributed by atoms with van der Waals surface area (Å²) in [7, 11) is 1.13. The lowest BCUT2D eigenvalue weighted by atomic mass is 10.4. The summed E-state index contributed by atoms with van der Waals surface area (Å²) < 4.78 is 11.2. The van der Waals surface area contributed by atoms with E-state index in [0.29, 0.717) is 5.75 Å². The van der Waals surface area contributed by atoms with Crippen molar-refractivity contribution in [3.05, 3.63) is 18.3 Å². The molecule has 0 bridgehead atoms. The Morgan fingerprint density at radius 1 is 1.53 bits per heavy atom. The number of aromatic nitrogens is 1. The number of rotatable bonds is 6. The summed E-state index contributed by atoms with van der Waals surface area (Å²) in [6.07, 6.45) is 1.74. The second kappa shape index (κ2) is 6.40. The van der Waals surface area contributed by atoms with Crippen molar-refractivity contribution in [3.8, 4) is 0 Å². The molecule has 0 aliphatic carbocycles. The van der Waals surface area contributed by atoms with Crippen LogP contribution in [0.5, 0.6) is 0 Å². The van der Waals surface area contributed by atoms with Crippen LogP contribution >= 0.6 is 0 Å². The lowest BCUT2D eigenvalue weighted by molar-refractivity contribution is 0.684. The minimum atomic E-state index is -0.702. The molecule has 1 unspecified atom stereocenters. The zero-order valence-corrected chi connectivity index (χ0v) is 9.93. The first-order valence-electron chi connectivity index (χ1n) is 4.99. The number of pyridine rings is 1. The molecule has 0 saturated carbocycles. The third kappa shape index (κ3) is 4.29. The molecule has 1 rings (SSSR count). The monoisotopic (exact) mass is 227 g/mol. The fourth-order valence-corrected chi connectivity index (χ4v) is 1.75. The quantitative estimate of drug-likeness (QED) is 0.769. The van der Waals surface area contributed by atoms with Gasteiger partial charge in [-0.05, 0) is 6.07 Å². The Morgan fingerprint density at radius 2 is 2.33 bits per heavy atom. The van der Waals surface area contributed by atoms with Gasteiger partial charge in [-0.2, -0.15) is 0 Å². The number of hydrogen-bond acceptors (Lipinski definition) is 4. The van der Waals surface area contributed by atoms with Crippen molar-refractivity contribution >= 4 is 22.3 Å². The predicted molar refractivity (Wildman–Crippen MR) is 65.8 cm³/mol. The second-order valence-corrected chi connectivity index (χ2v) is 4.90. The maximum atomic E-state index is 11.2. The molecule has 0 aliphatic heterocycles. The minimum absolute atomic E-state index is 0.688. The summed E-state index contributed by atoms with van der Waals surface area (Å²) >= 11 is 0. The van der Waals surface area contributed by atoms with E-state index >= 15 is 0 Å². The molecule has 84 valence electrons. The first kappa shape index (κ1) is 12.0. The van der Waals surface area contributed by atoms with Crippen molar-refractivity contribution in [1.82, 2.24) is 4.98 Å². The zero-order valence-electron chi connectivity index (χ0n) is 9.12. The molecule has 1 aromatic rings. The van der Waals surface area contributed by atoms with Gasteiger partial charge >= 0.3 is 0 Å². The van der Waals surface area contributed by atoms with Gasteiger partial charge in [0.15, 0.2) is 0 Å². The van der Waals surface area contributed by atoms with Crippen LogP contribution in [0.3, 0.4) is 0 Å². The van der Waals surface area contributed by atoms with E-state index in [4.69, 9.17) is 0 Å². The molecule has 5 heteroatoms. The van der Waals surface area contributed by atoms with E-state index in [1.54, 1.807) is 6.20 Å². The van der Waals surface area contributed by atoms with Gasteiger partial charge in [0.05, 0.1) is 0 Å². The van der Waals surface area contributed by atoms with E-state index in [0.717, 1.165) is 23.8 Å². The Morgan fingerprint density at radius 3 is 3.00 bits per heavy atom. The number of nitrogens with zero attached hydrogens (tertiary/aromatic N) is 1. The van der Waals surface area contributed by atoms with Crippen molar-refractivity contribution in [3.63, 3.8) is 0 Å². The van der Waals surface area contributed by atoms with Crippen LogP contribution < -0.4 is 10.6 Å². The van der Waals surface area contributed by atoms with Crippen molar-refractivity contribution in [2.45, 2.75) is 6.92 Å². The van der Waals surface area contributed by atoms with Crippen molar-refractivity contribution in [2.75, 3.05) is 35.7 Å². The maximum absolute atomic E-state index is 11.2. The molecule has 1 atom stereocenters.